The Morgan fingerprint density at radius 3 is 2.48 bits per heavy atom. The number of halogens is 3. The van der Waals surface area contributed by atoms with Gasteiger partial charge in [-0.15, -0.1) is 0 Å². The third-order valence-electron chi connectivity index (χ3n) is 12.1. The van der Waals surface area contributed by atoms with E-state index in [1.807, 2.05) is 12.1 Å². The van der Waals surface area contributed by atoms with Gasteiger partial charge in [0.2, 0.25) is 5.88 Å². The Hall–Kier alpha value is -4.73. The van der Waals surface area contributed by atoms with Crippen LogP contribution in [0.3, 0.4) is 0 Å². The lowest BCUT2D eigenvalue weighted by molar-refractivity contribution is 0.0908. The van der Waals surface area contributed by atoms with Crippen molar-refractivity contribution in [3.8, 4) is 17.4 Å². The summed E-state index contributed by atoms with van der Waals surface area (Å²) >= 11 is 12.7. The summed E-state index contributed by atoms with van der Waals surface area (Å²) < 4.78 is 56.1. The van der Waals surface area contributed by atoms with Gasteiger partial charge in [-0.3, -0.25) is 14.8 Å². The number of H-pyrrole nitrogens is 1. The molecule has 8 rings (SSSR count). The first-order valence-corrected chi connectivity index (χ1v) is 22.9. The molecule has 0 radical (unpaired) electrons. The van der Waals surface area contributed by atoms with Crippen LogP contribution >= 0.6 is 23.2 Å². The molecule has 16 heteroatoms. The minimum absolute atomic E-state index is 0.0264. The quantitative estimate of drug-likeness (QED) is 0.111. The topological polar surface area (TPSA) is 150 Å². The molecule has 61 heavy (non-hydrogen) atoms. The molecule has 0 atom stereocenters. The summed E-state index contributed by atoms with van der Waals surface area (Å²) in [4.78, 5) is 22.4. The van der Waals surface area contributed by atoms with Crippen molar-refractivity contribution in [2.45, 2.75) is 69.8 Å². The van der Waals surface area contributed by atoms with E-state index in [2.05, 4.69) is 55.7 Å². The molecule has 0 spiro atoms. The monoisotopic (exact) mass is 890 g/mol. The summed E-state index contributed by atoms with van der Waals surface area (Å²) in [7, 11) is -4.46. The van der Waals surface area contributed by atoms with Gasteiger partial charge >= 0.3 is 0 Å². The number of aliphatic hydroxyl groups is 1. The first-order valence-electron chi connectivity index (χ1n) is 20.6. The van der Waals surface area contributed by atoms with Gasteiger partial charge in [0.1, 0.15) is 32.8 Å². The molecule has 5 aromatic rings. The minimum atomic E-state index is -4.46. The first kappa shape index (κ1) is 42.9. The van der Waals surface area contributed by atoms with Crippen LogP contribution in [0, 0.1) is 17.2 Å². The van der Waals surface area contributed by atoms with Crippen molar-refractivity contribution in [2.24, 2.45) is 11.3 Å². The molecule has 322 valence electrons. The lowest BCUT2D eigenvalue weighted by Crippen LogP contribution is -2.47. The second-order valence-electron chi connectivity index (χ2n) is 17.1. The van der Waals surface area contributed by atoms with E-state index >= 15 is 0 Å². The van der Waals surface area contributed by atoms with Crippen LogP contribution in [0.5, 0.6) is 17.4 Å². The highest BCUT2D eigenvalue weighted by Gasteiger charge is 2.30. The summed E-state index contributed by atoms with van der Waals surface area (Å²) in [5, 5.41) is 17.4. The Balaban J connectivity index is 0.997. The van der Waals surface area contributed by atoms with Gasteiger partial charge in [-0.05, 0) is 110 Å². The zero-order valence-corrected chi connectivity index (χ0v) is 36.4. The molecule has 3 aliphatic rings. The number of nitrogens with one attached hydrogen (secondary N) is 2. The van der Waals surface area contributed by atoms with Crippen LogP contribution in [-0.4, -0.2) is 84.9 Å². The molecule has 12 nitrogen and oxygen atoms in total. The number of piperazine rings is 1. The van der Waals surface area contributed by atoms with E-state index in [1.54, 1.807) is 12.1 Å². The van der Waals surface area contributed by atoms with Crippen LogP contribution < -0.4 is 19.1 Å². The lowest BCUT2D eigenvalue weighted by Gasteiger charge is -2.39. The van der Waals surface area contributed by atoms with E-state index in [0.29, 0.717) is 37.9 Å². The number of nitrogens with zero attached hydrogens (tertiary/aromatic N) is 4. The molecule has 2 aromatic heterocycles. The number of allylic oxidation sites excluding steroid dienone is 1. The fourth-order valence-corrected chi connectivity index (χ4v) is 9.82. The maximum atomic E-state index is 14.6. The van der Waals surface area contributed by atoms with Crippen LogP contribution in [0.1, 0.15) is 74.7 Å². The molecule has 0 bridgehead atoms. The number of aromatic nitrogens is 3. The van der Waals surface area contributed by atoms with Gasteiger partial charge < -0.3 is 19.5 Å². The Morgan fingerprint density at radius 2 is 1.74 bits per heavy atom. The van der Waals surface area contributed by atoms with Gasteiger partial charge in [0.25, 0.3) is 15.9 Å². The van der Waals surface area contributed by atoms with Gasteiger partial charge in [0.05, 0.1) is 36.1 Å². The predicted octanol–water partition coefficient (Wildman–Crippen LogP) is 9.03. The molecule has 1 aliphatic heterocycles. The average molecular weight is 892 g/mol. The zero-order chi connectivity index (χ0) is 42.9. The number of sulfonamides is 1. The van der Waals surface area contributed by atoms with Crippen LogP contribution in [-0.2, 0) is 10.0 Å². The molecule has 3 aromatic carbocycles. The zero-order valence-electron chi connectivity index (χ0n) is 34.1. The van der Waals surface area contributed by atoms with Crippen molar-refractivity contribution in [3.63, 3.8) is 0 Å². The van der Waals surface area contributed by atoms with E-state index in [0.717, 1.165) is 68.6 Å². The van der Waals surface area contributed by atoms with Gasteiger partial charge in [-0.1, -0.05) is 54.8 Å². The number of rotatable bonds is 12. The second kappa shape index (κ2) is 17.9. The van der Waals surface area contributed by atoms with Crippen LogP contribution in [0.2, 0.25) is 10.0 Å². The van der Waals surface area contributed by atoms with Crippen molar-refractivity contribution in [3.05, 3.63) is 106 Å². The van der Waals surface area contributed by atoms with Crippen molar-refractivity contribution >= 4 is 61.3 Å². The lowest BCUT2D eigenvalue weighted by atomic mass is 9.72. The number of aliphatic hydroxyl groups excluding tert-OH is 1. The smallest absolute Gasteiger partial charge is 0.268 e. The molecule has 0 unspecified atom stereocenters. The third-order valence-corrected chi connectivity index (χ3v) is 13.9. The number of carbonyl (C=O) groups excluding carboxylic acids is 1. The predicted molar refractivity (Wildman–Crippen MR) is 235 cm³/mol. The fraction of sp³-hybridized carbons (Fsp3) is 0.400. The number of hydrogen-bond acceptors (Lipinski definition) is 10. The molecule has 1 amide bonds. The molecule has 2 fully saturated rings. The maximum absolute atomic E-state index is 14.6. The van der Waals surface area contributed by atoms with E-state index in [-0.39, 0.29) is 55.8 Å². The molecule has 3 heterocycles. The summed E-state index contributed by atoms with van der Waals surface area (Å²) in [5.74, 6) is -0.884. The summed E-state index contributed by atoms with van der Waals surface area (Å²) in [6, 6.07) is 17.0. The number of amides is 1. The molecular weight excluding hydrogens is 843 g/mol. The Kier molecular flexibility index (Phi) is 12.6. The standard InChI is InChI=1S/C45H49Cl2FN6O6S/c1-45(2)16-15-30(36(23-45)29-5-7-31(46)8-6-29)26-53-17-19-54(20-18-53)32-9-12-35(41(21-32)60-40-14-13-39(48)42-37(40)25-50-51-42)43(56)52-61(57,58)34-22-38(47)44(49-24-34)59-27-28-3-10-33(55)11-4-28/h5-9,12-14,21-22,24-25,28,33,55H,3-4,10-11,15-20,23,26-27H2,1-2H3,(H,50,51)(H,52,56). The average Bonchev–Trinajstić information content (AvgIpc) is 3.75. The highest BCUT2D eigenvalue weighted by atomic mass is 35.5. The fourth-order valence-electron chi connectivity index (χ4n) is 8.47. The number of ether oxygens (including phenoxy) is 2. The highest BCUT2D eigenvalue weighted by Crippen LogP contribution is 2.44. The van der Waals surface area contributed by atoms with Crippen molar-refractivity contribution in [1.29, 1.82) is 0 Å². The second-order valence-corrected chi connectivity index (χ2v) is 19.6. The SMILES string of the molecule is CC1(C)CCC(CN2CCN(c3ccc(C(=O)NS(=O)(=O)c4cnc(OCC5CCC(O)CC5)c(Cl)c4)c(Oc4ccc(F)c5[nH]ncc45)c3)CC2)=C(c2ccc(Cl)cc2)C1. The number of anilines is 1. The van der Waals surface area contributed by atoms with Gasteiger partial charge in [-0.25, -0.2) is 22.5 Å². The Morgan fingerprint density at radius 1 is 0.984 bits per heavy atom. The molecule has 1 saturated heterocycles. The normalized spacial score (nSPS) is 19.9. The van der Waals surface area contributed by atoms with E-state index in [9.17, 15) is 22.7 Å². The van der Waals surface area contributed by atoms with E-state index in [4.69, 9.17) is 32.7 Å². The number of carbonyl (C=O) groups is 1. The van der Waals surface area contributed by atoms with Crippen molar-refractivity contribution in [1.82, 2.24) is 24.8 Å². The molecule has 2 aliphatic carbocycles. The largest absolute Gasteiger partial charge is 0.476 e. The van der Waals surface area contributed by atoms with Crippen molar-refractivity contribution < 1.29 is 32.2 Å². The van der Waals surface area contributed by atoms with E-state index in [1.165, 1.54) is 47.2 Å². The molecule has 1 saturated carbocycles. The first-order chi connectivity index (χ1) is 29.2. The number of pyridine rings is 1. The third kappa shape index (κ3) is 9.99. The molecular formula is C45H49Cl2FN6O6S. The van der Waals surface area contributed by atoms with Crippen LogP contribution in [0.25, 0.3) is 16.5 Å². The van der Waals surface area contributed by atoms with E-state index < -0.39 is 21.7 Å². The summed E-state index contributed by atoms with van der Waals surface area (Å²) in [6.45, 7) is 8.87. The van der Waals surface area contributed by atoms with Gasteiger partial charge in [0.15, 0.2) is 0 Å². The summed E-state index contributed by atoms with van der Waals surface area (Å²) in [6.07, 6.45) is 8.38. The van der Waals surface area contributed by atoms with Crippen LogP contribution in [0.15, 0.2) is 83.5 Å². The number of fused-ring (bicyclic) bond motifs is 1. The number of benzene rings is 3. The highest BCUT2D eigenvalue weighted by molar-refractivity contribution is 7.90. The number of aromatic amines is 1. The van der Waals surface area contributed by atoms with Crippen molar-refractivity contribution in [2.75, 3.05) is 44.2 Å². The minimum Gasteiger partial charge on any atom is -0.476 e. The number of hydrogen-bond donors (Lipinski definition) is 3. The van der Waals surface area contributed by atoms with Crippen LogP contribution in [0.4, 0.5) is 10.1 Å². The Labute approximate surface area is 365 Å². The molecule has 3 N–H and O–H groups in total. The Bertz CT molecular complexity index is 2550. The van der Waals surface area contributed by atoms with Gasteiger partial charge in [0, 0.05) is 49.5 Å². The summed E-state index contributed by atoms with van der Waals surface area (Å²) in [5.41, 5.74) is 5.14. The van der Waals surface area contributed by atoms with Gasteiger partial charge in [-0.2, -0.15) is 5.10 Å². The maximum Gasteiger partial charge on any atom is 0.268 e.